The summed E-state index contributed by atoms with van der Waals surface area (Å²) in [5.74, 6) is 0.186. The van der Waals surface area contributed by atoms with Crippen LogP contribution in [0.1, 0.15) is 12.0 Å². The molecule has 4 rings (SSSR count). The van der Waals surface area contributed by atoms with E-state index in [1.54, 1.807) is 12.4 Å². The summed E-state index contributed by atoms with van der Waals surface area (Å²) in [5.41, 5.74) is 2.08. The standard InChI is InChI=1S/C14H15N3O.C6H7N/c18-14(11-4-6-15-9-11)17-13-3-1-2-10-8-16-7-5-12(10)13;1-6-3-2-4-7-5-6/h1-3,5,7-8,11,15H,4,6,9H2,(H,17,18);2-5H,1H3. The normalized spacial score (nSPS) is 16.1. The van der Waals surface area contributed by atoms with E-state index < -0.39 is 0 Å². The van der Waals surface area contributed by atoms with Crippen LogP contribution < -0.4 is 10.6 Å². The molecule has 1 saturated heterocycles. The van der Waals surface area contributed by atoms with Crippen LogP contribution in [-0.2, 0) is 4.79 Å². The summed E-state index contributed by atoms with van der Waals surface area (Å²) >= 11 is 0. The van der Waals surface area contributed by atoms with Gasteiger partial charge in [0.2, 0.25) is 5.91 Å². The Balaban J connectivity index is 0.000000219. The van der Waals surface area contributed by atoms with Gasteiger partial charge >= 0.3 is 0 Å². The number of carbonyl (C=O) groups is 1. The Morgan fingerprint density at radius 3 is 2.68 bits per heavy atom. The van der Waals surface area contributed by atoms with E-state index in [9.17, 15) is 4.79 Å². The van der Waals surface area contributed by atoms with Gasteiger partial charge in [0, 0.05) is 47.8 Å². The highest BCUT2D eigenvalue weighted by Crippen LogP contribution is 2.23. The van der Waals surface area contributed by atoms with Crippen LogP contribution in [0.4, 0.5) is 5.69 Å². The minimum atomic E-state index is 0.0853. The maximum absolute atomic E-state index is 12.1. The average molecular weight is 334 g/mol. The van der Waals surface area contributed by atoms with Crippen LogP contribution >= 0.6 is 0 Å². The van der Waals surface area contributed by atoms with Gasteiger partial charge in [-0.25, -0.2) is 0 Å². The molecule has 1 aliphatic rings. The van der Waals surface area contributed by atoms with Crippen molar-refractivity contribution < 1.29 is 4.79 Å². The fraction of sp³-hybridized carbons (Fsp3) is 0.250. The van der Waals surface area contributed by atoms with Crippen LogP contribution in [0, 0.1) is 12.8 Å². The molecule has 3 heterocycles. The molecule has 2 N–H and O–H groups in total. The number of nitrogens with zero attached hydrogens (tertiary/aromatic N) is 2. The van der Waals surface area contributed by atoms with Crippen LogP contribution in [0.25, 0.3) is 10.8 Å². The Morgan fingerprint density at radius 1 is 1.12 bits per heavy atom. The van der Waals surface area contributed by atoms with Crippen molar-refractivity contribution in [2.24, 2.45) is 5.92 Å². The molecular weight excluding hydrogens is 312 g/mol. The van der Waals surface area contributed by atoms with Crippen molar-refractivity contribution in [3.63, 3.8) is 0 Å². The lowest BCUT2D eigenvalue weighted by Crippen LogP contribution is -2.24. The molecular formula is C20H22N4O. The first-order valence-corrected chi connectivity index (χ1v) is 8.45. The third kappa shape index (κ3) is 4.61. The first kappa shape index (κ1) is 17.0. The van der Waals surface area contributed by atoms with E-state index in [1.165, 1.54) is 5.56 Å². The number of amides is 1. The second-order valence-electron chi connectivity index (χ2n) is 6.11. The Hall–Kier alpha value is -2.79. The topological polar surface area (TPSA) is 66.9 Å². The van der Waals surface area contributed by atoms with Crippen molar-refractivity contribution in [2.45, 2.75) is 13.3 Å². The first-order chi connectivity index (χ1) is 12.2. The molecule has 128 valence electrons. The number of benzene rings is 1. The molecule has 1 amide bonds. The van der Waals surface area contributed by atoms with Crippen LogP contribution in [-0.4, -0.2) is 29.0 Å². The first-order valence-electron chi connectivity index (χ1n) is 8.45. The summed E-state index contributed by atoms with van der Waals surface area (Å²) in [6.45, 7) is 3.72. The molecule has 0 radical (unpaired) electrons. The summed E-state index contributed by atoms with van der Waals surface area (Å²) in [5, 5.41) is 8.30. The molecule has 0 spiro atoms. The van der Waals surface area contributed by atoms with Crippen molar-refractivity contribution in [3.05, 3.63) is 66.7 Å². The molecule has 2 aromatic heterocycles. The van der Waals surface area contributed by atoms with Gasteiger partial charge in [0.1, 0.15) is 0 Å². The number of aryl methyl sites for hydroxylation is 1. The fourth-order valence-corrected chi connectivity index (χ4v) is 2.79. The highest BCUT2D eigenvalue weighted by molar-refractivity contribution is 6.02. The number of hydrogen-bond donors (Lipinski definition) is 2. The molecule has 1 atom stereocenters. The third-order valence-corrected chi connectivity index (χ3v) is 4.18. The van der Waals surface area contributed by atoms with Gasteiger partial charge in [-0.3, -0.25) is 14.8 Å². The van der Waals surface area contributed by atoms with Gasteiger partial charge in [0.15, 0.2) is 0 Å². The summed E-state index contributed by atoms with van der Waals surface area (Å²) in [6, 6.07) is 11.7. The van der Waals surface area contributed by atoms with Gasteiger partial charge < -0.3 is 10.6 Å². The number of anilines is 1. The van der Waals surface area contributed by atoms with Gasteiger partial charge in [-0.05, 0) is 43.7 Å². The highest BCUT2D eigenvalue weighted by atomic mass is 16.1. The predicted molar refractivity (Wildman–Crippen MR) is 100 cm³/mol. The van der Waals surface area contributed by atoms with Crippen LogP contribution in [0.15, 0.2) is 61.2 Å². The van der Waals surface area contributed by atoms with Crippen molar-refractivity contribution in [1.29, 1.82) is 0 Å². The molecule has 1 aromatic carbocycles. The fourth-order valence-electron chi connectivity index (χ4n) is 2.79. The van der Waals surface area contributed by atoms with E-state index in [0.717, 1.165) is 36.0 Å². The van der Waals surface area contributed by atoms with Crippen LogP contribution in [0.3, 0.4) is 0 Å². The maximum atomic E-state index is 12.1. The van der Waals surface area contributed by atoms with Gasteiger partial charge in [0.25, 0.3) is 0 Å². The molecule has 1 aliphatic heterocycles. The summed E-state index contributed by atoms with van der Waals surface area (Å²) in [4.78, 5) is 20.1. The second kappa shape index (κ2) is 8.35. The Bertz CT molecular complexity index is 824. The van der Waals surface area contributed by atoms with Crippen molar-refractivity contribution >= 4 is 22.4 Å². The predicted octanol–water partition coefficient (Wildman–Crippen LogP) is 3.17. The maximum Gasteiger partial charge on any atom is 0.228 e. The number of nitrogens with one attached hydrogen (secondary N) is 2. The third-order valence-electron chi connectivity index (χ3n) is 4.18. The molecule has 0 aliphatic carbocycles. The van der Waals surface area contributed by atoms with Gasteiger partial charge in [-0.2, -0.15) is 0 Å². The van der Waals surface area contributed by atoms with Crippen LogP contribution in [0.2, 0.25) is 0 Å². The molecule has 1 fully saturated rings. The molecule has 5 nitrogen and oxygen atoms in total. The van der Waals surface area contributed by atoms with Crippen molar-refractivity contribution in [2.75, 3.05) is 18.4 Å². The second-order valence-corrected chi connectivity index (χ2v) is 6.11. The SMILES string of the molecule is Cc1cccnc1.O=C(Nc1cccc2cnccc12)C1CCNC1. The number of carbonyl (C=O) groups excluding carboxylic acids is 1. The highest BCUT2D eigenvalue weighted by Gasteiger charge is 2.22. The monoisotopic (exact) mass is 334 g/mol. The van der Waals surface area contributed by atoms with Crippen LogP contribution in [0.5, 0.6) is 0 Å². The Morgan fingerprint density at radius 2 is 2.00 bits per heavy atom. The lowest BCUT2D eigenvalue weighted by molar-refractivity contribution is -0.119. The quantitative estimate of drug-likeness (QED) is 0.755. The van der Waals surface area contributed by atoms with E-state index in [0.29, 0.717) is 0 Å². The lowest BCUT2D eigenvalue weighted by Gasteiger charge is -2.11. The number of hydrogen-bond acceptors (Lipinski definition) is 4. The minimum absolute atomic E-state index is 0.0853. The molecule has 0 saturated carbocycles. The van der Waals surface area contributed by atoms with Gasteiger partial charge in [-0.1, -0.05) is 18.2 Å². The Labute approximate surface area is 147 Å². The summed E-state index contributed by atoms with van der Waals surface area (Å²) in [6.07, 6.45) is 8.07. The van der Waals surface area contributed by atoms with E-state index in [2.05, 4.69) is 20.6 Å². The molecule has 25 heavy (non-hydrogen) atoms. The molecule has 3 aromatic rings. The van der Waals surface area contributed by atoms with Crippen molar-refractivity contribution in [1.82, 2.24) is 15.3 Å². The van der Waals surface area contributed by atoms with E-state index in [-0.39, 0.29) is 11.8 Å². The Kier molecular flexibility index (Phi) is 5.69. The zero-order valence-electron chi connectivity index (χ0n) is 14.3. The molecule has 0 bridgehead atoms. The van der Waals surface area contributed by atoms with E-state index in [4.69, 9.17) is 0 Å². The number of fused-ring (bicyclic) bond motifs is 1. The van der Waals surface area contributed by atoms with Gasteiger partial charge in [0.05, 0.1) is 5.92 Å². The zero-order chi connectivity index (χ0) is 17.5. The van der Waals surface area contributed by atoms with E-state index >= 15 is 0 Å². The summed E-state index contributed by atoms with van der Waals surface area (Å²) in [7, 11) is 0. The molecule has 1 unspecified atom stereocenters. The minimum Gasteiger partial charge on any atom is -0.325 e. The number of aromatic nitrogens is 2. The van der Waals surface area contributed by atoms with E-state index in [1.807, 2.05) is 55.7 Å². The average Bonchev–Trinajstić information content (AvgIpc) is 3.18. The smallest absolute Gasteiger partial charge is 0.228 e. The largest absolute Gasteiger partial charge is 0.325 e. The van der Waals surface area contributed by atoms with Gasteiger partial charge in [-0.15, -0.1) is 0 Å². The number of pyridine rings is 2. The van der Waals surface area contributed by atoms with Crippen molar-refractivity contribution in [3.8, 4) is 0 Å². The molecule has 5 heteroatoms. The summed E-state index contributed by atoms with van der Waals surface area (Å²) < 4.78 is 0. The zero-order valence-corrected chi connectivity index (χ0v) is 14.3. The lowest BCUT2D eigenvalue weighted by atomic mass is 10.1. The number of rotatable bonds is 2.